The molecular formula is C19H20N2O3. The van der Waals surface area contributed by atoms with Crippen molar-refractivity contribution in [2.45, 2.75) is 19.4 Å². The van der Waals surface area contributed by atoms with E-state index in [2.05, 4.69) is 5.32 Å². The zero-order chi connectivity index (χ0) is 17.3. The average Bonchev–Trinajstić information content (AvgIpc) is 2.58. The SMILES string of the molecule is COc1cccc(C(=O)CN2C(=O)C(C)(C)Nc3ccccc32)c1. The van der Waals surface area contributed by atoms with E-state index >= 15 is 0 Å². The van der Waals surface area contributed by atoms with Gasteiger partial charge >= 0.3 is 0 Å². The summed E-state index contributed by atoms with van der Waals surface area (Å²) < 4.78 is 5.16. The Bertz CT molecular complexity index is 799. The summed E-state index contributed by atoms with van der Waals surface area (Å²) in [6, 6.07) is 14.5. The average molecular weight is 324 g/mol. The van der Waals surface area contributed by atoms with Crippen LogP contribution in [0.1, 0.15) is 24.2 Å². The number of hydrogen-bond acceptors (Lipinski definition) is 4. The van der Waals surface area contributed by atoms with E-state index in [1.807, 2.05) is 38.1 Å². The summed E-state index contributed by atoms with van der Waals surface area (Å²) in [5.74, 6) is 0.361. The van der Waals surface area contributed by atoms with Gasteiger partial charge in [-0.25, -0.2) is 0 Å². The van der Waals surface area contributed by atoms with Crippen molar-refractivity contribution < 1.29 is 14.3 Å². The molecule has 0 radical (unpaired) electrons. The van der Waals surface area contributed by atoms with Gasteiger partial charge in [-0.1, -0.05) is 24.3 Å². The molecule has 24 heavy (non-hydrogen) atoms. The minimum atomic E-state index is -0.761. The van der Waals surface area contributed by atoms with Gasteiger partial charge in [0.1, 0.15) is 11.3 Å². The number of ketones is 1. The molecule has 5 heteroatoms. The Hall–Kier alpha value is -2.82. The number of anilines is 2. The van der Waals surface area contributed by atoms with Crippen LogP contribution in [0.25, 0.3) is 0 Å². The number of Topliss-reactive ketones (excluding diaryl/α,β-unsaturated/α-hetero) is 1. The normalized spacial score (nSPS) is 15.5. The molecule has 1 N–H and O–H groups in total. The first-order valence-electron chi connectivity index (χ1n) is 7.79. The molecule has 1 amide bonds. The Kier molecular flexibility index (Phi) is 4.01. The Morgan fingerprint density at radius 3 is 2.67 bits per heavy atom. The lowest BCUT2D eigenvalue weighted by molar-refractivity contribution is -0.122. The van der Waals surface area contributed by atoms with Crippen molar-refractivity contribution in [3.63, 3.8) is 0 Å². The van der Waals surface area contributed by atoms with Gasteiger partial charge in [0.25, 0.3) is 5.91 Å². The lowest BCUT2D eigenvalue weighted by Gasteiger charge is -2.39. The van der Waals surface area contributed by atoms with E-state index < -0.39 is 5.54 Å². The molecule has 0 aromatic heterocycles. The van der Waals surface area contributed by atoms with E-state index in [0.29, 0.717) is 11.3 Å². The highest BCUT2D eigenvalue weighted by molar-refractivity contribution is 6.12. The first-order valence-corrected chi connectivity index (χ1v) is 7.79. The Morgan fingerprint density at radius 1 is 1.17 bits per heavy atom. The summed E-state index contributed by atoms with van der Waals surface area (Å²) in [6.45, 7) is 3.62. The molecule has 5 nitrogen and oxygen atoms in total. The zero-order valence-electron chi connectivity index (χ0n) is 14.0. The summed E-state index contributed by atoms with van der Waals surface area (Å²) in [4.78, 5) is 27.0. The van der Waals surface area contributed by atoms with Gasteiger partial charge in [-0.2, -0.15) is 0 Å². The van der Waals surface area contributed by atoms with Gasteiger partial charge in [-0.3, -0.25) is 9.59 Å². The van der Waals surface area contributed by atoms with E-state index in [-0.39, 0.29) is 18.2 Å². The van der Waals surface area contributed by atoms with Gasteiger partial charge in [0.05, 0.1) is 25.0 Å². The number of nitrogens with one attached hydrogen (secondary N) is 1. The molecule has 2 aromatic rings. The lowest BCUT2D eigenvalue weighted by Crippen LogP contribution is -2.55. The molecule has 2 aromatic carbocycles. The number of rotatable bonds is 4. The molecule has 1 aliphatic rings. The minimum Gasteiger partial charge on any atom is -0.497 e. The summed E-state index contributed by atoms with van der Waals surface area (Å²) >= 11 is 0. The third-order valence-electron chi connectivity index (χ3n) is 4.12. The molecule has 0 atom stereocenters. The predicted molar refractivity (Wildman–Crippen MR) is 93.8 cm³/mol. The van der Waals surface area contributed by atoms with E-state index in [1.165, 1.54) is 0 Å². The third kappa shape index (κ3) is 2.85. The number of amides is 1. The highest BCUT2D eigenvalue weighted by atomic mass is 16.5. The number of ether oxygens (including phenoxy) is 1. The molecule has 1 aliphatic heterocycles. The number of nitrogens with zero attached hydrogens (tertiary/aromatic N) is 1. The zero-order valence-corrected chi connectivity index (χ0v) is 14.0. The van der Waals surface area contributed by atoms with E-state index in [4.69, 9.17) is 4.74 Å². The van der Waals surface area contributed by atoms with Crippen LogP contribution >= 0.6 is 0 Å². The van der Waals surface area contributed by atoms with Crippen LogP contribution in [0.15, 0.2) is 48.5 Å². The molecular weight excluding hydrogens is 304 g/mol. The molecule has 0 aliphatic carbocycles. The number of methoxy groups -OCH3 is 1. The van der Waals surface area contributed by atoms with E-state index in [9.17, 15) is 9.59 Å². The minimum absolute atomic E-state index is 0.00583. The highest BCUT2D eigenvalue weighted by Crippen LogP contribution is 2.35. The Balaban J connectivity index is 1.93. The molecule has 0 fully saturated rings. The fraction of sp³-hybridized carbons (Fsp3) is 0.263. The van der Waals surface area contributed by atoms with Crippen LogP contribution in [0.3, 0.4) is 0 Å². The summed E-state index contributed by atoms with van der Waals surface area (Å²) in [6.07, 6.45) is 0. The van der Waals surface area contributed by atoms with Crippen LogP contribution in [0.4, 0.5) is 11.4 Å². The molecule has 0 bridgehead atoms. The third-order valence-corrected chi connectivity index (χ3v) is 4.12. The van der Waals surface area contributed by atoms with Gasteiger partial charge in [-0.05, 0) is 38.1 Å². The molecule has 3 rings (SSSR count). The fourth-order valence-corrected chi connectivity index (χ4v) is 2.84. The maximum absolute atomic E-state index is 12.8. The van der Waals surface area contributed by atoms with Crippen LogP contribution in [-0.4, -0.2) is 30.9 Å². The lowest BCUT2D eigenvalue weighted by atomic mass is 9.97. The number of carbonyl (C=O) groups excluding carboxylic acids is 2. The number of benzene rings is 2. The van der Waals surface area contributed by atoms with Gasteiger partial charge in [0, 0.05) is 5.56 Å². The topological polar surface area (TPSA) is 58.6 Å². The largest absolute Gasteiger partial charge is 0.497 e. The van der Waals surface area contributed by atoms with Crippen molar-refractivity contribution in [2.24, 2.45) is 0 Å². The van der Waals surface area contributed by atoms with Crippen molar-refractivity contribution in [3.05, 3.63) is 54.1 Å². The number of fused-ring (bicyclic) bond motifs is 1. The van der Waals surface area contributed by atoms with E-state index in [1.54, 1.807) is 36.3 Å². The number of carbonyl (C=O) groups is 2. The smallest absolute Gasteiger partial charge is 0.252 e. The summed E-state index contributed by atoms with van der Waals surface area (Å²) in [5.41, 5.74) is 1.33. The van der Waals surface area contributed by atoms with Crippen LogP contribution in [0, 0.1) is 0 Å². The standard InChI is InChI=1S/C19H20N2O3/c1-19(2)18(23)21(16-10-5-4-9-15(16)20-19)12-17(22)13-7-6-8-14(11-13)24-3/h4-11,20H,12H2,1-3H3. The maximum Gasteiger partial charge on any atom is 0.252 e. The Morgan fingerprint density at radius 2 is 1.92 bits per heavy atom. The maximum atomic E-state index is 12.8. The second-order valence-electron chi connectivity index (χ2n) is 6.31. The van der Waals surface area contributed by atoms with Gasteiger partial charge < -0.3 is 15.0 Å². The number of hydrogen-bond donors (Lipinski definition) is 1. The molecule has 0 spiro atoms. The Labute approximate surface area is 141 Å². The molecule has 0 saturated heterocycles. The first-order chi connectivity index (χ1) is 11.4. The first kappa shape index (κ1) is 16.1. The molecule has 0 unspecified atom stereocenters. The van der Waals surface area contributed by atoms with Crippen molar-refractivity contribution in [1.82, 2.24) is 0 Å². The highest BCUT2D eigenvalue weighted by Gasteiger charge is 2.39. The quantitative estimate of drug-likeness (QED) is 0.878. The second kappa shape index (κ2) is 6.00. The van der Waals surface area contributed by atoms with Crippen molar-refractivity contribution in [2.75, 3.05) is 23.9 Å². The van der Waals surface area contributed by atoms with Crippen molar-refractivity contribution >= 4 is 23.1 Å². The summed E-state index contributed by atoms with van der Waals surface area (Å²) in [5, 5.41) is 3.22. The van der Waals surface area contributed by atoms with Crippen LogP contribution in [0.2, 0.25) is 0 Å². The van der Waals surface area contributed by atoms with Gasteiger partial charge in [0.2, 0.25) is 0 Å². The molecule has 124 valence electrons. The predicted octanol–water partition coefficient (Wildman–Crippen LogP) is 3.12. The van der Waals surface area contributed by atoms with Crippen molar-refractivity contribution in [1.29, 1.82) is 0 Å². The molecule has 0 saturated carbocycles. The monoisotopic (exact) mass is 324 g/mol. The molecule has 1 heterocycles. The van der Waals surface area contributed by atoms with Gasteiger partial charge in [-0.15, -0.1) is 0 Å². The van der Waals surface area contributed by atoms with Crippen LogP contribution in [-0.2, 0) is 4.79 Å². The van der Waals surface area contributed by atoms with Crippen molar-refractivity contribution in [3.8, 4) is 5.75 Å². The second-order valence-corrected chi connectivity index (χ2v) is 6.31. The van der Waals surface area contributed by atoms with Crippen LogP contribution < -0.4 is 15.0 Å². The summed E-state index contributed by atoms with van der Waals surface area (Å²) in [7, 11) is 1.56. The van der Waals surface area contributed by atoms with Crippen LogP contribution in [0.5, 0.6) is 5.75 Å². The fourth-order valence-electron chi connectivity index (χ4n) is 2.84. The van der Waals surface area contributed by atoms with Gasteiger partial charge in [0.15, 0.2) is 5.78 Å². The van der Waals surface area contributed by atoms with E-state index in [0.717, 1.165) is 11.4 Å². The number of para-hydroxylation sites is 2.